The number of likely N-dealkylation sites (tertiary alicyclic amines) is 1. The van der Waals surface area contributed by atoms with Crippen molar-refractivity contribution in [3.05, 3.63) is 29.3 Å². The maximum absolute atomic E-state index is 12.8. The molecule has 0 spiro atoms. The van der Waals surface area contributed by atoms with E-state index in [2.05, 4.69) is 0 Å². The lowest BCUT2D eigenvalue weighted by molar-refractivity contribution is -0.00455. The number of hydrogen-bond acceptors (Lipinski definition) is 6. The number of carbonyl (C=O) groups excluding carboxylic acids is 2. The topological polar surface area (TPSA) is 96.3 Å². The summed E-state index contributed by atoms with van der Waals surface area (Å²) in [7, 11) is 1.29. The molecule has 142 valence electrons. The molecule has 2 fully saturated rings. The van der Waals surface area contributed by atoms with Gasteiger partial charge in [0.25, 0.3) is 5.91 Å². The molecule has 1 aliphatic heterocycles. The minimum absolute atomic E-state index is 0.0586. The molecule has 0 aromatic heterocycles. The van der Waals surface area contributed by atoms with E-state index in [4.69, 9.17) is 9.47 Å². The van der Waals surface area contributed by atoms with Gasteiger partial charge in [-0.1, -0.05) is 6.42 Å². The number of ether oxygens (including phenoxy) is 2. The molecule has 1 heterocycles. The molecule has 1 aromatic carbocycles. The number of carbonyl (C=O) groups is 2. The number of esters is 1. The van der Waals surface area contributed by atoms with Crippen molar-refractivity contribution < 1.29 is 29.3 Å². The molecule has 26 heavy (non-hydrogen) atoms. The normalized spacial score (nSPS) is 22.8. The number of amides is 1. The molecule has 0 bridgehead atoms. The van der Waals surface area contributed by atoms with Crippen molar-refractivity contribution in [1.82, 2.24) is 4.90 Å². The van der Waals surface area contributed by atoms with Crippen LogP contribution in [0, 0.1) is 5.92 Å². The Kier molecular flexibility index (Phi) is 5.48. The van der Waals surface area contributed by atoms with Crippen LogP contribution in [0.25, 0.3) is 0 Å². The van der Waals surface area contributed by atoms with Gasteiger partial charge in [-0.25, -0.2) is 4.79 Å². The van der Waals surface area contributed by atoms with Gasteiger partial charge in [0.15, 0.2) is 0 Å². The molecule has 1 saturated heterocycles. The zero-order valence-electron chi connectivity index (χ0n) is 14.9. The van der Waals surface area contributed by atoms with Gasteiger partial charge >= 0.3 is 5.97 Å². The molecule has 1 aromatic rings. The summed E-state index contributed by atoms with van der Waals surface area (Å²) >= 11 is 0. The van der Waals surface area contributed by atoms with E-state index in [0.717, 1.165) is 12.8 Å². The SMILES string of the molecule is COC(=O)c1cc(OCC2CCC2)cc(C(=O)N2CC[C@](O)(CO)C2)c1. The Labute approximate surface area is 152 Å². The van der Waals surface area contributed by atoms with Crippen LogP contribution in [0.2, 0.25) is 0 Å². The summed E-state index contributed by atoms with van der Waals surface area (Å²) in [4.78, 5) is 26.2. The number of hydrogen-bond donors (Lipinski definition) is 2. The van der Waals surface area contributed by atoms with Gasteiger partial charge in [-0.3, -0.25) is 4.79 Å². The van der Waals surface area contributed by atoms with E-state index in [1.807, 2.05) is 0 Å². The maximum atomic E-state index is 12.8. The summed E-state index contributed by atoms with van der Waals surface area (Å²) in [5.74, 6) is 0.129. The third-order valence-corrected chi connectivity index (χ3v) is 5.20. The fraction of sp³-hybridized carbons (Fsp3) is 0.579. The first-order valence-electron chi connectivity index (χ1n) is 8.93. The van der Waals surface area contributed by atoms with Gasteiger partial charge in [-0.15, -0.1) is 0 Å². The molecule has 3 rings (SSSR count). The molecule has 0 unspecified atom stereocenters. The van der Waals surface area contributed by atoms with Crippen LogP contribution in [0.3, 0.4) is 0 Å². The molecule has 1 amide bonds. The summed E-state index contributed by atoms with van der Waals surface area (Å²) < 4.78 is 10.6. The van der Waals surface area contributed by atoms with Crippen LogP contribution in [-0.4, -0.2) is 66.0 Å². The van der Waals surface area contributed by atoms with Gasteiger partial charge in [0, 0.05) is 12.1 Å². The quantitative estimate of drug-likeness (QED) is 0.738. The van der Waals surface area contributed by atoms with Crippen LogP contribution < -0.4 is 4.74 Å². The van der Waals surface area contributed by atoms with Crippen molar-refractivity contribution in [3.8, 4) is 5.75 Å². The Morgan fingerprint density at radius 1 is 1.27 bits per heavy atom. The van der Waals surface area contributed by atoms with Gasteiger partial charge in [-0.2, -0.15) is 0 Å². The van der Waals surface area contributed by atoms with Gasteiger partial charge in [0.2, 0.25) is 0 Å². The van der Waals surface area contributed by atoms with Crippen molar-refractivity contribution in [3.63, 3.8) is 0 Å². The van der Waals surface area contributed by atoms with E-state index in [1.165, 1.54) is 24.5 Å². The molecule has 1 aliphatic carbocycles. The van der Waals surface area contributed by atoms with E-state index >= 15 is 0 Å². The predicted octanol–water partition coefficient (Wildman–Crippen LogP) is 1.22. The van der Waals surface area contributed by atoms with Crippen molar-refractivity contribution in [2.45, 2.75) is 31.3 Å². The molecular weight excluding hydrogens is 338 g/mol. The second-order valence-electron chi connectivity index (χ2n) is 7.20. The molecule has 1 atom stereocenters. The Morgan fingerprint density at radius 3 is 2.58 bits per heavy atom. The smallest absolute Gasteiger partial charge is 0.338 e. The number of aliphatic hydroxyl groups excluding tert-OH is 1. The first-order chi connectivity index (χ1) is 12.4. The summed E-state index contributed by atoms with van der Waals surface area (Å²) in [6.45, 7) is 0.570. The van der Waals surface area contributed by atoms with Gasteiger partial charge in [0.05, 0.1) is 32.4 Å². The minimum Gasteiger partial charge on any atom is -0.493 e. The average molecular weight is 363 g/mol. The van der Waals surface area contributed by atoms with Gasteiger partial charge in [-0.05, 0) is 43.4 Å². The number of aliphatic hydroxyl groups is 2. The monoisotopic (exact) mass is 363 g/mol. The van der Waals surface area contributed by atoms with E-state index in [1.54, 1.807) is 12.1 Å². The zero-order chi connectivity index (χ0) is 18.7. The van der Waals surface area contributed by atoms with E-state index < -0.39 is 18.2 Å². The minimum atomic E-state index is -1.26. The third-order valence-electron chi connectivity index (χ3n) is 5.20. The molecular formula is C19H25NO6. The lowest BCUT2D eigenvalue weighted by atomic mass is 9.86. The fourth-order valence-electron chi connectivity index (χ4n) is 3.26. The lowest BCUT2D eigenvalue weighted by Gasteiger charge is -2.25. The first kappa shape index (κ1) is 18.7. The highest BCUT2D eigenvalue weighted by molar-refractivity contribution is 5.98. The summed E-state index contributed by atoms with van der Waals surface area (Å²) in [5.41, 5.74) is -0.712. The third kappa shape index (κ3) is 3.99. The number of benzene rings is 1. The lowest BCUT2D eigenvalue weighted by Crippen LogP contribution is -2.38. The second kappa shape index (κ2) is 7.63. The van der Waals surface area contributed by atoms with Crippen LogP contribution >= 0.6 is 0 Å². The Balaban J connectivity index is 1.79. The van der Waals surface area contributed by atoms with Gasteiger partial charge < -0.3 is 24.6 Å². The van der Waals surface area contributed by atoms with E-state index in [0.29, 0.717) is 36.8 Å². The summed E-state index contributed by atoms with van der Waals surface area (Å²) in [6.07, 6.45) is 3.80. The summed E-state index contributed by atoms with van der Waals surface area (Å²) in [5, 5.41) is 19.4. The molecule has 7 heteroatoms. The number of rotatable bonds is 6. The van der Waals surface area contributed by atoms with Crippen molar-refractivity contribution in [2.24, 2.45) is 5.92 Å². The molecule has 7 nitrogen and oxygen atoms in total. The average Bonchev–Trinajstić information content (AvgIpc) is 3.01. The predicted molar refractivity (Wildman–Crippen MR) is 93.2 cm³/mol. The molecule has 2 aliphatic rings. The van der Waals surface area contributed by atoms with Crippen molar-refractivity contribution in [2.75, 3.05) is 33.4 Å². The van der Waals surface area contributed by atoms with Crippen LogP contribution in [-0.2, 0) is 4.74 Å². The highest BCUT2D eigenvalue weighted by Gasteiger charge is 2.38. The standard InChI is InChI=1S/C19H25NO6/c1-25-18(23)15-7-14(8-16(9-15)26-10-13-3-2-4-13)17(22)20-6-5-19(24,11-20)12-21/h7-9,13,21,24H,2-6,10-12H2,1H3/t19-/m1/s1. The van der Waals surface area contributed by atoms with Crippen LogP contribution in [0.15, 0.2) is 18.2 Å². The summed E-state index contributed by atoms with van der Waals surface area (Å²) in [6, 6.07) is 4.67. The zero-order valence-corrected chi connectivity index (χ0v) is 14.9. The van der Waals surface area contributed by atoms with E-state index in [9.17, 15) is 19.8 Å². The number of nitrogens with zero attached hydrogens (tertiary/aromatic N) is 1. The largest absolute Gasteiger partial charge is 0.493 e. The number of methoxy groups -OCH3 is 1. The fourth-order valence-corrected chi connectivity index (χ4v) is 3.26. The molecule has 0 radical (unpaired) electrons. The van der Waals surface area contributed by atoms with Crippen LogP contribution in [0.5, 0.6) is 5.75 Å². The Morgan fingerprint density at radius 2 is 2.00 bits per heavy atom. The van der Waals surface area contributed by atoms with Gasteiger partial charge in [0.1, 0.15) is 11.4 Å². The number of β-amino-alcohol motifs (C(OH)–C–C–N with tert-alkyl or cyclic N) is 1. The van der Waals surface area contributed by atoms with Crippen molar-refractivity contribution in [1.29, 1.82) is 0 Å². The van der Waals surface area contributed by atoms with Crippen molar-refractivity contribution >= 4 is 11.9 Å². The highest BCUT2D eigenvalue weighted by Crippen LogP contribution is 2.29. The highest BCUT2D eigenvalue weighted by atomic mass is 16.5. The van der Waals surface area contributed by atoms with Crippen LogP contribution in [0.4, 0.5) is 0 Å². The Bertz CT molecular complexity index is 687. The molecule has 2 N–H and O–H groups in total. The molecule has 1 saturated carbocycles. The maximum Gasteiger partial charge on any atom is 0.338 e. The first-order valence-corrected chi connectivity index (χ1v) is 8.93. The van der Waals surface area contributed by atoms with E-state index in [-0.39, 0.29) is 18.0 Å². The second-order valence-corrected chi connectivity index (χ2v) is 7.20. The van der Waals surface area contributed by atoms with Crippen LogP contribution in [0.1, 0.15) is 46.4 Å². The Hall–Kier alpha value is -2.12.